The van der Waals surface area contributed by atoms with Crippen LogP contribution in [-0.2, 0) is 11.0 Å². The third-order valence-corrected chi connectivity index (χ3v) is 9.27. The van der Waals surface area contributed by atoms with Gasteiger partial charge in [-0.2, -0.15) is 13.2 Å². The summed E-state index contributed by atoms with van der Waals surface area (Å²) in [6.45, 7) is 15.5. The van der Waals surface area contributed by atoms with E-state index in [1.807, 2.05) is 19.1 Å². The molecule has 0 saturated heterocycles. The number of hydrogen-bond acceptors (Lipinski definition) is 3. The lowest BCUT2D eigenvalue weighted by molar-refractivity contribution is -0.138. The number of hydrogen-bond donors (Lipinski definition) is 1. The molecular formula is C36H47F4N3O2. The van der Waals surface area contributed by atoms with Crippen molar-refractivity contribution in [1.29, 1.82) is 0 Å². The van der Waals surface area contributed by atoms with Crippen LogP contribution in [0.4, 0.5) is 17.6 Å². The van der Waals surface area contributed by atoms with E-state index >= 15 is 0 Å². The Bertz CT molecular complexity index is 1410. The molecule has 2 aromatic carbocycles. The molecule has 246 valence electrons. The average Bonchev–Trinajstić information content (AvgIpc) is 3.21. The first-order chi connectivity index (χ1) is 20.8. The predicted molar refractivity (Wildman–Crippen MR) is 169 cm³/mol. The van der Waals surface area contributed by atoms with Crippen molar-refractivity contribution in [3.05, 3.63) is 70.5 Å². The molecule has 9 heteroatoms. The van der Waals surface area contributed by atoms with E-state index in [1.54, 1.807) is 17.0 Å². The molecule has 0 radical (unpaired) electrons. The van der Waals surface area contributed by atoms with E-state index < -0.39 is 35.2 Å². The third-order valence-electron chi connectivity index (χ3n) is 9.27. The van der Waals surface area contributed by atoms with Gasteiger partial charge in [0.05, 0.1) is 11.6 Å². The van der Waals surface area contributed by atoms with Gasteiger partial charge in [0.25, 0.3) is 11.8 Å². The molecule has 5 nitrogen and oxygen atoms in total. The Labute approximate surface area is 264 Å². The van der Waals surface area contributed by atoms with Gasteiger partial charge in [0, 0.05) is 17.7 Å². The van der Waals surface area contributed by atoms with Crippen molar-refractivity contribution in [2.24, 2.45) is 21.7 Å². The van der Waals surface area contributed by atoms with Crippen LogP contribution in [0.1, 0.15) is 127 Å². The van der Waals surface area contributed by atoms with Crippen molar-refractivity contribution < 1.29 is 27.2 Å². The summed E-state index contributed by atoms with van der Waals surface area (Å²) in [6, 6.07) is 9.00. The van der Waals surface area contributed by atoms with Gasteiger partial charge in [-0.3, -0.25) is 14.6 Å². The summed E-state index contributed by atoms with van der Waals surface area (Å²) in [6.07, 6.45) is 0.0697. The number of carbonyl (C=O) groups is 2. The molecule has 45 heavy (non-hydrogen) atoms. The number of aliphatic imine (C=N–C) groups is 1. The second-order valence-corrected chi connectivity index (χ2v) is 15.0. The maximum Gasteiger partial charge on any atom is 0.416 e. The fraction of sp³-hybridized carbons (Fsp3) is 0.583. The Morgan fingerprint density at radius 2 is 1.64 bits per heavy atom. The molecule has 1 N–H and O–H groups in total. The maximum absolute atomic E-state index is 14.6. The normalized spacial score (nSPS) is 21.7. The highest BCUT2D eigenvalue weighted by molar-refractivity contribution is 6.46. The predicted octanol–water partition coefficient (Wildman–Crippen LogP) is 9.12. The van der Waals surface area contributed by atoms with Gasteiger partial charge in [-0.25, -0.2) is 4.39 Å². The van der Waals surface area contributed by atoms with E-state index in [4.69, 9.17) is 4.99 Å². The fourth-order valence-corrected chi connectivity index (χ4v) is 6.63. The van der Waals surface area contributed by atoms with Crippen LogP contribution < -0.4 is 5.32 Å². The van der Waals surface area contributed by atoms with Crippen LogP contribution in [0.5, 0.6) is 0 Å². The molecule has 1 saturated carbocycles. The summed E-state index contributed by atoms with van der Waals surface area (Å²) in [5, 5.41) is 2.88. The fourth-order valence-electron chi connectivity index (χ4n) is 6.63. The van der Waals surface area contributed by atoms with Crippen molar-refractivity contribution in [3.8, 4) is 0 Å². The molecule has 1 fully saturated rings. The lowest BCUT2D eigenvalue weighted by Gasteiger charge is -2.47. The van der Waals surface area contributed by atoms with Crippen LogP contribution in [-0.4, -0.2) is 34.6 Å². The maximum atomic E-state index is 14.6. The van der Waals surface area contributed by atoms with Crippen molar-refractivity contribution in [2.45, 2.75) is 111 Å². The highest BCUT2D eigenvalue weighted by Crippen LogP contribution is 2.50. The Hall–Kier alpha value is -3.23. The number of benzene rings is 2. The second kappa shape index (κ2) is 12.9. The molecule has 1 atom stereocenters. The van der Waals surface area contributed by atoms with Gasteiger partial charge in [0.1, 0.15) is 17.2 Å². The van der Waals surface area contributed by atoms with Gasteiger partial charge in [-0.05, 0) is 97.6 Å². The number of nitrogens with zero attached hydrogens (tertiary/aromatic N) is 2. The molecule has 0 bridgehead atoms. The minimum absolute atomic E-state index is 0.0472. The Morgan fingerprint density at radius 3 is 2.18 bits per heavy atom. The van der Waals surface area contributed by atoms with Crippen molar-refractivity contribution in [2.75, 3.05) is 6.54 Å². The highest BCUT2D eigenvalue weighted by Gasteiger charge is 2.53. The van der Waals surface area contributed by atoms with E-state index in [9.17, 15) is 27.2 Å². The highest BCUT2D eigenvalue weighted by atomic mass is 19.4. The van der Waals surface area contributed by atoms with Crippen LogP contribution >= 0.6 is 0 Å². The summed E-state index contributed by atoms with van der Waals surface area (Å²) in [7, 11) is 0. The minimum Gasteiger partial charge on any atom is -0.352 e. The Morgan fingerprint density at radius 1 is 1.02 bits per heavy atom. The average molecular weight is 630 g/mol. The molecule has 1 heterocycles. The summed E-state index contributed by atoms with van der Waals surface area (Å²) >= 11 is 0. The van der Waals surface area contributed by atoms with Gasteiger partial charge >= 0.3 is 6.18 Å². The molecule has 0 aromatic heterocycles. The summed E-state index contributed by atoms with van der Waals surface area (Å²) < 4.78 is 55.7. The third kappa shape index (κ3) is 7.95. The molecule has 1 aliphatic heterocycles. The van der Waals surface area contributed by atoms with Crippen LogP contribution in [0.15, 0.2) is 47.5 Å². The van der Waals surface area contributed by atoms with E-state index in [0.29, 0.717) is 43.4 Å². The summed E-state index contributed by atoms with van der Waals surface area (Å²) in [5.41, 5.74) is -1.11. The van der Waals surface area contributed by atoms with Gasteiger partial charge in [0.15, 0.2) is 0 Å². The Kier molecular flexibility index (Phi) is 9.91. The van der Waals surface area contributed by atoms with Gasteiger partial charge < -0.3 is 10.2 Å². The van der Waals surface area contributed by atoms with Crippen molar-refractivity contribution in [1.82, 2.24) is 10.2 Å². The van der Waals surface area contributed by atoms with Gasteiger partial charge in [-0.15, -0.1) is 0 Å². The molecule has 4 rings (SSSR count). The smallest absolute Gasteiger partial charge is 0.352 e. The largest absolute Gasteiger partial charge is 0.416 e. The number of carbonyl (C=O) groups excluding carboxylic acids is 2. The minimum atomic E-state index is -4.78. The number of alkyl halides is 3. The summed E-state index contributed by atoms with van der Waals surface area (Å²) in [4.78, 5) is 33.8. The number of halogens is 4. The number of nitrogens with one attached hydrogen (secondary N) is 1. The second-order valence-electron chi connectivity index (χ2n) is 15.0. The van der Waals surface area contributed by atoms with Gasteiger partial charge in [-0.1, -0.05) is 60.6 Å². The zero-order valence-electron chi connectivity index (χ0n) is 27.6. The molecule has 1 unspecified atom stereocenters. The lowest BCUT2D eigenvalue weighted by atomic mass is 9.69. The first kappa shape index (κ1) is 34.6. The van der Waals surface area contributed by atoms with E-state index in [0.717, 1.165) is 43.4 Å². The SMILES string of the molecule is CCCNC(=O)c1ccc(C(CCC(C)(C)C)N2C(=O)C(c3cc(F)cc(C(F)(F)F)c3)=NC23CCC(C(C)(C)C)CC3)cc1. The van der Waals surface area contributed by atoms with Crippen molar-refractivity contribution >= 4 is 17.5 Å². The van der Waals surface area contributed by atoms with Crippen LogP contribution in [0.25, 0.3) is 0 Å². The topological polar surface area (TPSA) is 61.8 Å². The zero-order chi connectivity index (χ0) is 33.4. The number of amides is 2. The van der Waals surface area contributed by atoms with E-state index in [1.165, 1.54) is 0 Å². The lowest BCUT2D eigenvalue weighted by Crippen LogP contribution is -2.51. The van der Waals surface area contributed by atoms with E-state index in [-0.39, 0.29) is 28.0 Å². The van der Waals surface area contributed by atoms with Crippen LogP contribution in [0.2, 0.25) is 0 Å². The first-order valence-corrected chi connectivity index (χ1v) is 16.0. The molecule has 1 aliphatic carbocycles. The quantitative estimate of drug-likeness (QED) is 0.296. The molecular weight excluding hydrogens is 582 g/mol. The van der Waals surface area contributed by atoms with E-state index in [2.05, 4.69) is 46.9 Å². The molecule has 1 spiro atoms. The summed E-state index contributed by atoms with van der Waals surface area (Å²) in [5.74, 6) is -1.35. The monoisotopic (exact) mass is 629 g/mol. The molecule has 2 aromatic rings. The van der Waals surface area contributed by atoms with Gasteiger partial charge in [0.2, 0.25) is 0 Å². The molecule has 2 amide bonds. The number of rotatable bonds is 8. The molecule has 2 aliphatic rings. The first-order valence-electron chi connectivity index (χ1n) is 16.0. The van der Waals surface area contributed by atoms with Crippen LogP contribution in [0, 0.1) is 22.6 Å². The van der Waals surface area contributed by atoms with Crippen LogP contribution in [0.3, 0.4) is 0 Å². The Balaban J connectivity index is 1.82. The van der Waals surface area contributed by atoms with Crippen molar-refractivity contribution in [3.63, 3.8) is 0 Å². The zero-order valence-corrected chi connectivity index (χ0v) is 27.6. The standard InChI is InChI=1S/C36H47F4N3O2/c1-8-19-41-31(44)24-11-9-23(10-12-24)29(15-16-33(2,3)4)43-32(45)30(25-20-27(36(38,39)40)22-28(37)21-25)42-35(43)17-13-26(14-18-35)34(5,6)7/h9-12,20-22,26,29H,8,13-19H2,1-7H3,(H,41,44).